The van der Waals surface area contributed by atoms with Gasteiger partial charge in [0.1, 0.15) is 5.75 Å². The predicted molar refractivity (Wildman–Crippen MR) is 87.0 cm³/mol. The largest absolute Gasteiger partial charge is 0.494 e. The number of H-pyrrole nitrogens is 1. The molecule has 0 unspecified atom stereocenters. The Bertz CT molecular complexity index is 807. The molecule has 3 aromatic rings. The Hall–Kier alpha value is -2.07. The van der Waals surface area contributed by atoms with Crippen LogP contribution in [0, 0.1) is 0 Å². The summed E-state index contributed by atoms with van der Waals surface area (Å²) in [5.41, 5.74) is 2.23. The number of halogens is 1. The highest BCUT2D eigenvalue weighted by Gasteiger charge is 2.16. The number of hydrogen-bond acceptors (Lipinski definition) is 2. The Balaban J connectivity index is 2.10. The zero-order valence-corrected chi connectivity index (χ0v) is 13.1. The molecule has 0 aliphatic carbocycles. The normalized spacial score (nSPS) is 10.8. The fourth-order valence-electron chi connectivity index (χ4n) is 2.33. The standard InChI is InChI=1S/C17H14BrNO2/c1-2-21-11-7-8-16-13(9-11)14(10-19-16)17(20)12-5-3-4-6-15(12)18/h3-10,19H,2H2,1H3. The summed E-state index contributed by atoms with van der Waals surface area (Å²) in [5.74, 6) is 0.758. The molecule has 0 spiro atoms. The van der Waals surface area contributed by atoms with Crippen LogP contribution < -0.4 is 4.74 Å². The van der Waals surface area contributed by atoms with Crippen molar-refractivity contribution in [2.75, 3.05) is 6.61 Å². The number of carbonyl (C=O) groups excluding carboxylic acids is 1. The third kappa shape index (κ3) is 2.59. The molecule has 0 bridgehead atoms. The minimum atomic E-state index is -0.0117. The summed E-state index contributed by atoms with van der Waals surface area (Å²) in [7, 11) is 0. The Labute approximate surface area is 131 Å². The molecule has 0 atom stereocenters. The average molecular weight is 344 g/mol. The molecule has 106 valence electrons. The first-order valence-electron chi connectivity index (χ1n) is 6.74. The van der Waals surface area contributed by atoms with Crippen molar-refractivity contribution in [1.82, 2.24) is 4.98 Å². The number of benzene rings is 2. The van der Waals surface area contributed by atoms with E-state index in [1.54, 1.807) is 6.20 Å². The van der Waals surface area contributed by atoms with Crippen molar-refractivity contribution in [3.8, 4) is 5.75 Å². The summed E-state index contributed by atoms with van der Waals surface area (Å²) in [4.78, 5) is 15.9. The number of aromatic nitrogens is 1. The molecule has 21 heavy (non-hydrogen) atoms. The lowest BCUT2D eigenvalue weighted by Gasteiger charge is -2.05. The molecule has 3 nitrogen and oxygen atoms in total. The van der Waals surface area contributed by atoms with Crippen molar-refractivity contribution in [3.63, 3.8) is 0 Å². The van der Waals surface area contributed by atoms with Crippen molar-refractivity contribution < 1.29 is 9.53 Å². The molecule has 0 aliphatic heterocycles. The van der Waals surface area contributed by atoms with Gasteiger partial charge >= 0.3 is 0 Å². The van der Waals surface area contributed by atoms with Crippen molar-refractivity contribution in [2.24, 2.45) is 0 Å². The van der Waals surface area contributed by atoms with Crippen LogP contribution in [0.15, 0.2) is 53.1 Å². The molecule has 4 heteroatoms. The maximum Gasteiger partial charge on any atom is 0.196 e. The first-order chi connectivity index (χ1) is 10.2. The number of carbonyl (C=O) groups is 1. The van der Waals surface area contributed by atoms with Crippen LogP contribution in [0.1, 0.15) is 22.8 Å². The monoisotopic (exact) mass is 343 g/mol. The van der Waals surface area contributed by atoms with E-state index in [-0.39, 0.29) is 5.78 Å². The molecule has 1 heterocycles. The van der Waals surface area contributed by atoms with Crippen LogP contribution in [0.4, 0.5) is 0 Å². The highest BCUT2D eigenvalue weighted by Crippen LogP contribution is 2.27. The van der Waals surface area contributed by atoms with E-state index in [0.717, 1.165) is 21.1 Å². The van der Waals surface area contributed by atoms with Crippen molar-refractivity contribution in [2.45, 2.75) is 6.92 Å². The van der Waals surface area contributed by atoms with Crippen LogP contribution in [0.3, 0.4) is 0 Å². The number of aromatic amines is 1. The number of hydrogen-bond donors (Lipinski definition) is 1. The molecule has 0 aliphatic rings. The van der Waals surface area contributed by atoms with Crippen LogP contribution in [-0.2, 0) is 0 Å². The summed E-state index contributed by atoms with van der Waals surface area (Å²) in [6, 6.07) is 13.2. The molecule has 0 amide bonds. The van der Waals surface area contributed by atoms with Crippen LogP contribution >= 0.6 is 15.9 Å². The van der Waals surface area contributed by atoms with Crippen LogP contribution in [0.2, 0.25) is 0 Å². The van der Waals surface area contributed by atoms with Crippen LogP contribution in [0.25, 0.3) is 10.9 Å². The molecular formula is C17H14BrNO2. The van der Waals surface area contributed by atoms with Gasteiger partial charge in [-0.05, 0) is 37.3 Å². The van der Waals surface area contributed by atoms with E-state index in [9.17, 15) is 4.79 Å². The zero-order valence-electron chi connectivity index (χ0n) is 11.5. The van der Waals surface area contributed by atoms with Gasteiger partial charge in [0.15, 0.2) is 5.78 Å². The lowest BCUT2D eigenvalue weighted by Crippen LogP contribution is -2.01. The fraction of sp³-hybridized carbons (Fsp3) is 0.118. The zero-order chi connectivity index (χ0) is 14.8. The van der Waals surface area contributed by atoms with E-state index in [1.165, 1.54) is 0 Å². The van der Waals surface area contributed by atoms with E-state index in [0.29, 0.717) is 17.7 Å². The van der Waals surface area contributed by atoms with Gasteiger partial charge in [0.2, 0.25) is 0 Å². The first-order valence-corrected chi connectivity index (χ1v) is 7.53. The minimum Gasteiger partial charge on any atom is -0.494 e. The smallest absolute Gasteiger partial charge is 0.196 e. The number of ketones is 1. The molecule has 1 N–H and O–H groups in total. The van der Waals surface area contributed by atoms with Gasteiger partial charge in [0.25, 0.3) is 0 Å². The van der Waals surface area contributed by atoms with Gasteiger partial charge in [-0.2, -0.15) is 0 Å². The SMILES string of the molecule is CCOc1ccc2[nH]cc(C(=O)c3ccccc3Br)c2c1. The highest BCUT2D eigenvalue weighted by molar-refractivity contribution is 9.10. The van der Waals surface area contributed by atoms with E-state index < -0.39 is 0 Å². The third-order valence-electron chi connectivity index (χ3n) is 3.33. The van der Waals surface area contributed by atoms with Gasteiger partial charge in [-0.25, -0.2) is 0 Å². The number of fused-ring (bicyclic) bond motifs is 1. The van der Waals surface area contributed by atoms with Gasteiger partial charge in [-0.15, -0.1) is 0 Å². The molecule has 3 rings (SSSR count). The Morgan fingerprint density at radius 3 is 2.76 bits per heavy atom. The molecule has 1 aromatic heterocycles. The predicted octanol–water partition coefficient (Wildman–Crippen LogP) is 4.56. The lowest BCUT2D eigenvalue weighted by atomic mass is 10.0. The Morgan fingerprint density at radius 1 is 1.19 bits per heavy atom. The average Bonchev–Trinajstić information content (AvgIpc) is 2.90. The highest BCUT2D eigenvalue weighted by atomic mass is 79.9. The van der Waals surface area contributed by atoms with E-state index in [1.807, 2.05) is 49.4 Å². The summed E-state index contributed by atoms with van der Waals surface area (Å²) < 4.78 is 6.31. The molecular weight excluding hydrogens is 330 g/mol. The maximum atomic E-state index is 12.7. The Morgan fingerprint density at radius 2 is 2.00 bits per heavy atom. The second-order valence-corrected chi connectivity index (χ2v) is 5.51. The number of ether oxygens (including phenoxy) is 1. The van der Waals surface area contributed by atoms with Crippen LogP contribution in [-0.4, -0.2) is 17.4 Å². The number of nitrogens with one attached hydrogen (secondary N) is 1. The minimum absolute atomic E-state index is 0.0117. The number of rotatable bonds is 4. The van der Waals surface area contributed by atoms with E-state index in [4.69, 9.17) is 4.74 Å². The maximum absolute atomic E-state index is 12.7. The fourth-order valence-corrected chi connectivity index (χ4v) is 2.80. The second-order valence-electron chi connectivity index (χ2n) is 4.65. The lowest BCUT2D eigenvalue weighted by molar-refractivity contribution is 0.103. The van der Waals surface area contributed by atoms with E-state index in [2.05, 4.69) is 20.9 Å². The molecule has 2 aromatic carbocycles. The van der Waals surface area contributed by atoms with Crippen molar-refractivity contribution >= 4 is 32.6 Å². The van der Waals surface area contributed by atoms with Crippen molar-refractivity contribution in [1.29, 1.82) is 0 Å². The quantitative estimate of drug-likeness (QED) is 0.705. The van der Waals surface area contributed by atoms with Gasteiger partial charge in [0.05, 0.1) is 6.61 Å². The summed E-state index contributed by atoms with van der Waals surface area (Å²) in [6.07, 6.45) is 1.75. The van der Waals surface area contributed by atoms with Gasteiger partial charge < -0.3 is 9.72 Å². The van der Waals surface area contributed by atoms with Gasteiger partial charge in [0, 0.05) is 32.7 Å². The van der Waals surface area contributed by atoms with Crippen molar-refractivity contribution in [3.05, 3.63) is 64.3 Å². The third-order valence-corrected chi connectivity index (χ3v) is 4.02. The molecule has 0 radical (unpaired) electrons. The molecule has 0 fully saturated rings. The van der Waals surface area contributed by atoms with Gasteiger partial charge in [-0.3, -0.25) is 4.79 Å². The first kappa shape index (κ1) is 13.9. The summed E-state index contributed by atoms with van der Waals surface area (Å²) >= 11 is 3.43. The van der Waals surface area contributed by atoms with Gasteiger partial charge in [-0.1, -0.05) is 28.1 Å². The second kappa shape index (κ2) is 5.74. The summed E-state index contributed by atoms with van der Waals surface area (Å²) in [6.45, 7) is 2.54. The van der Waals surface area contributed by atoms with E-state index >= 15 is 0 Å². The van der Waals surface area contributed by atoms with Crippen LogP contribution in [0.5, 0.6) is 5.75 Å². The topological polar surface area (TPSA) is 42.1 Å². The summed E-state index contributed by atoms with van der Waals surface area (Å²) in [5, 5.41) is 0.877. The molecule has 0 saturated heterocycles. The Kier molecular flexibility index (Phi) is 3.80. The molecule has 0 saturated carbocycles.